The van der Waals surface area contributed by atoms with Crippen LogP contribution in [0.5, 0.6) is 0 Å². The van der Waals surface area contributed by atoms with Crippen LogP contribution in [0, 0.1) is 5.92 Å². The molecule has 29 heavy (non-hydrogen) atoms. The van der Waals surface area contributed by atoms with Gasteiger partial charge in [-0.2, -0.15) is 0 Å². The Balaban J connectivity index is 1.32. The molecule has 3 aromatic rings. The zero-order valence-electron chi connectivity index (χ0n) is 17.0. The normalized spacial score (nSPS) is 15.8. The summed E-state index contributed by atoms with van der Waals surface area (Å²) in [5.41, 5.74) is 1.51. The van der Waals surface area contributed by atoms with Crippen LogP contribution in [-0.2, 0) is 13.1 Å². The van der Waals surface area contributed by atoms with Crippen molar-refractivity contribution in [3.8, 4) is 11.3 Å². The summed E-state index contributed by atoms with van der Waals surface area (Å²) in [6, 6.07) is 5.35. The summed E-state index contributed by atoms with van der Waals surface area (Å²) >= 11 is 0. The van der Waals surface area contributed by atoms with Crippen LogP contribution < -0.4 is 5.56 Å². The van der Waals surface area contributed by atoms with Crippen molar-refractivity contribution in [2.75, 3.05) is 13.1 Å². The van der Waals surface area contributed by atoms with Gasteiger partial charge in [0.2, 0.25) is 5.89 Å². The largest absolute Gasteiger partial charge is 0.444 e. The number of rotatable bonds is 6. The molecule has 4 rings (SSSR count). The second-order valence-corrected chi connectivity index (χ2v) is 8.04. The highest BCUT2D eigenvalue weighted by Gasteiger charge is 2.21. The van der Waals surface area contributed by atoms with Crippen molar-refractivity contribution in [2.24, 2.45) is 5.92 Å². The molecule has 0 spiro atoms. The van der Waals surface area contributed by atoms with Gasteiger partial charge in [0, 0.05) is 36.5 Å². The molecule has 152 valence electrons. The quantitative estimate of drug-likeness (QED) is 0.639. The van der Waals surface area contributed by atoms with Crippen molar-refractivity contribution in [2.45, 2.75) is 45.7 Å². The van der Waals surface area contributed by atoms with Gasteiger partial charge < -0.3 is 4.42 Å². The van der Waals surface area contributed by atoms with Gasteiger partial charge in [0.15, 0.2) is 0 Å². The van der Waals surface area contributed by atoms with Gasteiger partial charge in [-0.1, -0.05) is 13.8 Å². The van der Waals surface area contributed by atoms with Crippen molar-refractivity contribution >= 4 is 0 Å². The zero-order valence-corrected chi connectivity index (χ0v) is 17.0. The molecule has 0 radical (unpaired) electrons. The molecule has 7 heteroatoms. The van der Waals surface area contributed by atoms with E-state index < -0.39 is 0 Å². The maximum Gasteiger partial charge on any atom is 0.253 e. The van der Waals surface area contributed by atoms with Gasteiger partial charge >= 0.3 is 0 Å². The van der Waals surface area contributed by atoms with Crippen LogP contribution in [0.4, 0.5) is 0 Å². The number of nitrogens with zero attached hydrogens (tertiary/aromatic N) is 5. The standard InChI is InChI=1S/C22H27N5O2/c1-16(2)20-12-24-21(29-20)14-26-8-5-17(6-9-26)13-27-15-25-19(10-22(27)28)18-4-3-7-23-11-18/h3-4,7,10-12,15-17H,5-6,8-9,13-14H2,1-2H3. The third-order valence-electron chi connectivity index (χ3n) is 5.50. The van der Waals surface area contributed by atoms with Crippen LogP contribution >= 0.6 is 0 Å². The van der Waals surface area contributed by atoms with Crippen molar-refractivity contribution in [3.05, 3.63) is 65.1 Å². The number of hydrogen-bond acceptors (Lipinski definition) is 6. The lowest BCUT2D eigenvalue weighted by molar-refractivity contribution is 0.153. The molecular formula is C22H27N5O2. The monoisotopic (exact) mass is 393 g/mol. The van der Waals surface area contributed by atoms with E-state index >= 15 is 0 Å². The van der Waals surface area contributed by atoms with Crippen LogP contribution in [0.1, 0.15) is 44.3 Å². The average Bonchev–Trinajstić information content (AvgIpc) is 3.20. The fraction of sp³-hybridized carbons (Fsp3) is 0.455. The summed E-state index contributed by atoms with van der Waals surface area (Å²) in [5.74, 6) is 2.57. The van der Waals surface area contributed by atoms with Gasteiger partial charge in [0.25, 0.3) is 5.56 Å². The fourth-order valence-electron chi connectivity index (χ4n) is 3.70. The maximum absolute atomic E-state index is 12.5. The summed E-state index contributed by atoms with van der Waals surface area (Å²) in [7, 11) is 0. The molecule has 0 unspecified atom stereocenters. The first kappa shape index (κ1) is 19.5. The van der Waals surface area contributed by atoms with Gasteiger partial charge in [-0.15, -0.1) is 0 Å². The van der Waals surface area contributed by atoms with E-state index in [0.717, 1.165) is 49.7 Å². The minimum Gasteiger partial charge on any atom is -0.444 e. The molecule has 1 aliphatic rings. The number of hydrogen-bond donors (Lipinski definition) is 0. The van der Waals surface area contributed by atoms with Gasteiger partial charge in [0.05, 0.1) is 24.8 Å². The molecule has 0 aromatic carbocycles. The number of pyridine rings is 1. The topological polar surface area (TPSA) is 77.1 Å². The van der Waals surface area contributed by atoms with Crippen LogP contribution in [0.25, 0.3) is 11.3 Å². The van der Waals surface area contributed by atoms with Crippen molar-refractivity contribution in [1.29, 1.82) is 0 Å². The van der Waals surface area contributed by atoms with Crippen molar-refractivity contribution < 1.29 is 4.42 Å². The molecular weight excluding hydrogens is 366 g/mol. The Morgan fingerprint density at radius 3 is 2.69 bits per heavy atom. The Labute approximate surface area is 170 Å². The lowest BCUT2D eigenvalue weighted by Crippen LogP contribution is -2.36. The predicted octanol–water partition coefficient (Wildman–Crippen LogP) is 3.33. The summed E-state index contributed by atoms with van der Waals surface area (Å²) in [6.45, 7) is 7.65. The molecule has 1 fully saturated rings. The van der Waals surface area contributed by atoms with E-state index in [2.05, 4.69) is 33.7 Å². The average molecular weight is 393 g/mol. The zero-order chi connectivity index (χ0) is 20.2. The number of oxazole rings is 1. The van der Waals surface area contributed by atoms with E-state index in [1.165, 1.54) is 0 Å². The van der Waals surface area contributed by atoms with E-state index in [4.69, 9.17) is 4.42 Å². The molecule has 3 aromatic heterocycles. The Bertz CT molecular complexity index is 988. The number of likely N-dealkylation sites (tertiary alicyclic amines) is 1. The van der Waals surface area contributed by atoms with Crippen LogP contribution in [-0.4, -0.2) is 37.5 Å². The summed E-state index contributed by atoms with van der Waals surface area (Å²) in [6.07, 6.45) is 9.03. The Morgan fingerprint density at radius 1 is 1.21 bits per heavy atom. The Kier molecular flexibility index (Phi) is 5.85. The Morgan fingerprint density at radius 2 is 2.03 bits per heavy atom. The lowest BCUT2D eigenvalue weighted by Gasteiger charge is -2.31. The number of piperidine rings is 1. The first-order valence-electron chi connectivity index (χ1n) is 10.2. The molecule has 0 bridgehead atoms. The first-order valence-corrected chi connectivity index (χ1v) is 10.2. The summed E-state index contributed by atoms with van der Waals surface area (Å²) < 4.78 is 7.55. The second-order valence-electron chi connectivity index (χ2n) is 8.04. The summed E-state index contributed by atoms with van der Waals surface area (Å²) in [5, 5.41) is 0. The third kappa shape index (κ3) is 4.79. The van der Waals surface area contributed by atoms with Gasteiger partial charge in [-0.3, -0.25) is 19.2 Å². The maximum atomic E-state index is 12.5. The predicted molar refractivity (Wildman–Crippen MR) is 110 cm³/mol. The molecule has 0 atom stereocenters. The Hall–Kier alpha value is -2.80. The molecule has 7 nitrogen and oxygen atoms in total. The van der Waals surface area contributed by atoms with E-state index in [-0.39, 0.29) is 5.56 Å². The smallest absolute Gasteiger partial charge is 0.253 e. The molecule has 0 aliphatic carbocycles. The number of aromatic nitrogens is 4. The highest BCUT2D eigenvalue weighted by Crippen LogP contribution is 2.22. The lowest BCUT2D eigenvalue weighted by atomic mass is 9.96. The highest BCUT2D eigenvalue weighted by molar-refractivity contribution is 5.56. The second kappa shape index (κ2) is 8.69. The fourth-order valence-corrected chi connectivity index (χ4v) is 3.70. The molecule has 0 amide bonds. The third-order valence-corrected chi connectivity index (χ3v) is 5.50. The molecule has 1 saturated heterocycles. The van der Waals surface area contributed by atoms with Crippen molar-refractivity contribution in [1.82, 2.24) is 24.4 Å². The SMILES string of the molecule is CC(C)c1cnc(CN2CCC(Cn3cnc(-c4cccnc4)cc3=O)CC2)o1. The first-order chi connectivity index (χ1) is 14.1. The molecule has 0 N–H and O–H groups in total. The van der Waals surface area contributed by atoms with Crippen LogP contribution in [0.2, 0.25) is 0 Å². The van der Waals surface area contributed by atoms with Crippen molar-refractivity contribution in [3.63, 3.8) is 0 Å². The summed E-state index contributed by atoms with van der Waals surface area (Å²) in [4.78, 5) is 27.8. The van der Waals surface area contributed by atoms with Gasteiger partial charge in [0.1, 0.15) is 5.76 Å². The van der Waals surface area contributed by atoms with E-state index in [9.17, 15) is 4.79 Å². The highest BCUT2D eigenvalue weighted by atomic mass is 16.4. The minimum absolute atomic E-state index is 0.0118. The van der Waals surface area contributed by atoms with E-state index in [1.54, 1.807) is 29.4 Å². The van der Waals surface area contributed by atoms with E-state index in [0.29, 0.717) is 24.1 Å². The van der Waals surface area contributed by atoms with Crippen LogP contribution in [0.15, 0.2) is 52.3 Å². The van der Waals surface area contributed by atoms with Crippen LogP contribution in [0.3, 0.4) is 0 Å². The minimum atomic E-state index is -0.0118. The molecule has 1 aliphatic heterocycles. The van der Waals surface area contributed by atoms with Gasteiger partial charge in [-0.05, 0) is 44.0 Å². The van der Waals surface area contributed by atoms with Gasteiger partial charge in [-0.25, -0.2) is 9.97 Å². The van der Waals surface area contributed by atoms with E-state index in [1.807, 2.05) is 18.3 Å². The molecule has 4 heterocycles. The molecule has 0 saturated carbocycles.